The van der Waals surface area contributed by atoms with Crippen LogP contribution in [0.2, 0.25) is 0 Å². The van der Waals surface area contributed by atoms with Gasteiger partial charge in [0.2, 0.25) is 0 Å². The van der Waals surface area contributed by atoms with Crippen molar-refractivity contribution in [1.29, 1.82) is 3.56 Å². The molecule has 0 heterocycles. The molecule has 0 bridgehead atoms. The highest BCUT2D eigenvalue weighted by atomic mass is 127. The van der Waals surface area contributed by atoms with Crippen molar-refractivity contribution < 1.29 is 1.37 Å². The number of hydrogen-bond donors (Lipinski definition) is 1. The number of hydrogen-bond acceptors (Lipinski definition) is 1. The summed E-state index contributed by atoms with van der Waals surface area (Å²) in [5, 5.41) is 0. The minimum absolute atomic E-state index is 0.432. The number of nitrogens with one attached hydrogen (secondary N) is 1. The molecular formula is C3H8IN. The highest BCUT2D eigenvalue weighted by molar-refractivity contribution is 14.1. The molecule has 0 aromatic carbocycles. The fraction of sp³-hybridized carbons (Fsp3) is 1.00. The third-order valence-electron chi connectivity index (χ3n) is 0.189. The lowest BCUT2D eigenvalue weighted by molar-refractivity contribution is 1.16. The third-order valence-corrected chi connectivity index (χ3v) is 1.27. The van der Waals surface area contributed by atoms with E-state index >= 15 is 0 Å². The molecule has 0 aliphatic heterocycles. The van der Waals surface area contributed by atoms with Crippen LogP contribution in [-0.4, -0.2) is 3.90 Å². The van der Waals surface area contributed by atoms with Crippen molar-refractivity contribution in [1.82, 2.24) is 0 Å². The van der Waals surface area contributed by atoms with Gasteiger partial charge >= 0.3 is 0 Å². The smallest absolute Gasteiger partial charge is 0.0418 e. The van der Waals surface area contributed by atoms with Crippen LogP contribution in [0.5, 0.6) is 0 Å². The van der Waals surface area contributed by atoms with Crippen LogP contribution in [-0.2, 0) is 0 Å². The van der Waals surface area contributed by atoms with Gasteiger partial charge in [-0.1, -0.05) is 13.8 Å². The third kappa shape index (κ3) is 4.53. The number of rotatable bonds is 1. The van der Waals surface area contributed by atoms with Gasteiger partial charge in [0, 0.05) is 5.27 Å². The summed E-state index contributed by atoms with van der Waals surface area (Å²) in [5.74, 6) is 0. The molecule has 2 heteroatoms. The first kappa shape index (κ1) is 3.71. The largest absolute Gasteiger partial charge is 0.278 e. The molecule has 0 radical (unpaired) electrons. The maximum absolute atomic E-state index is 7.04. The molecule has 5 heavy (non-hydrogen) atoms. The molecule has 1 N–H and O–H groups in total. The van der Waals surface area contributed by atoms with Crippen LogP contribution >= 0.6 is 21.0 Å². The molecule has 0 spiro atoms. The standard InChI is InChI=1S/C3H8IN/c1-3(2)4-5/h3,5H,1-2H3/i3D. The second-order valence-corrected chi connectivity index (χ2v) is 3.67. The Kier molecular flexibility index (Phi) is 2.04. The van der Waals surface area contributed by atoms with Gasteiger partial charge in [-0.25, -0.2) is 0 Å². The van der Waals surface area contributed by atoms with Crippen LogP contribution < -0.4 is 0 Å². The first-order valence-corrected chi connectivity index (χ1v) is 3.54. The van der Waals surface area contributed by atoms with E-state index in [1.807, 2.05) is 0 Å². The summed E-state index contributed by atoms with van der Waals surface area (Å²) in [4.78, 5) is 0. The number of halogens is 1. The van der Waals surface area contributed by atoms with Gasteiger partial charge < -0.3 is 0 Å². The molecule has 0 aromatic heterocycles. The summed E-state index contributed by atoms with van der Waals surface area (Å²) in [6.07, 6.45) is 0. The Labute approximate surface area is 44.1 Å². The van der Waals surface area contributed by atoms with Crippen molar-refractivity contribution in [3.8, 4) is 0 Å². The molecule has 0 fully saturated rings. The number of alkyl halides is 1. The first-order chi connectivity index (χ1) is 2.56. The summed E-state index contributed by atoms with van der Waals surface area (Å²) < 4.78 is 13.4. The van der Waals surface area contributed by atoms with Gasteiger partial charge in [0.25, 0.3) is 0 Å². The first-order valence-electron chi connectivity index (χ1n) is 1.88. The van der Waals surface area contributed by atoms with Crippen LogP contribution in [0.25, 0.3) is 0 Å². The van der Waals surface area contributed by atoms with Gasteiger partial charge in [-0.2, -0.15) is 0 Å². The zero-order valence-electron chi connectivity index (χ0n) is 4.38. The monoisotopic (exact) mass is 186 g/mol. The molecule has 0 aromatic rings. The zero-order valence-corrected chi connectivity index (χ0v) is 5.54. The van der Waals surface area contributed by atoms with Crippen molar-refractivity contribution in [2.75, 3.05) is 0 Å². The lowest BCUT2D eigenvalue weighted by Crippen LogP contribution is -1.71. The Balaban J connectivity index is 3.45. The summed E-state index contributed by atoms with van der Waals surface area (Å²) in [7, 11) is 0. The molecule has 0 aliphatic carbocycles. The van der Waals surface area contributed by atoms with Crippen LogP contribution in [0, 0.1) is 3.56 Å². The molecule has 0 rings (SSSR count). The maximum Gasteiger partial charge on any atom is 0.0418 e. The SMILES string of the molecule is [2H]C(C)(C)I=N. The second kappa shape index (κ2) is 2.75. The Bertz CT molecular complexity index is 56.3. The average Bonchev–Trinajstić information content (AvgIpc) is 1.35. The Morgan fingerprint density at radius 2 is 2.20 bits per heavy atom. The zero-order chi connectivity index (χ0) is 5.21. The van der Waals surface area contributed by atoms with Crippen LogP contribution in [0.3, 0.4) is 0 Å². The molecule has 0 aliphatic rings. The molecule has 1 nitrogen and oxygen atoms in total. The highest BCUT2D eigenvalue weighted by Crippen LogP contribution is 2.02. The van der Waals surface area contributed by atoms with E-state index in [-0.39, 0.29) is 0 Å². The molecule has 32 valence electrons. The molecule has 0 unspecified atom stereocenters. The summed E-state index contributed by atoms with van der Waals surface area (Å²) in [6, 6.07) is 0. The quantitative estimate of drug-likeness (QED) is 0.479. The highest BCUT2D eigenvalue weighted by Gasteiger charge is 1.77. The Morgan fingerprint density at radius 1 is 2.00 bits per heavy atom. The van der Waals surface area contributed by atoms with E-state index < -0.39 is 24.9 Å². The van der Waals surface area contributed by atoms with Crippen molar-refractivity contribution in [3.63, 3.8) is 0 Å². The molecular weight excluding hydrogens is 177 g/mol. The summed E-state index contributed by atoms with van der Waals surface area (Å²) in [5.41, 5.74) is 0. The van der Waals surface area contributed by atoms with Gasteiger partial charge in [0.1, 0.15) is 0 Å². The van der Waals surface area contributed by atoms with Crippen molar-refractivity contribution in [3.05, 3.63) is 0 Å². The molecule has 0 atom stereocenters. The Morgan fingerprint density at radius 3 is 2.20 bits per heavy atom. The fourth-order valence-corrected chi connectivity index (χ4v) is 0. The maximum atomic E-state index is 7.04. The van der Waals surface area contributed by atoms with Crippen LogP contribution in [0.4, 0.5) is 0 Å². The average molecular weight is 186 g/mol. The van der Waals surface area contributed by atoms with E-state index in [9.17, 15) is 0 Å². The van der Waals surface area contributed by atoms with E-state index in [2.05, 4.69) is 0 Å². The van der Waals surface area contributed by atoms with Gasteiger partial charge in [0.05, 0.1) is 0 Å². The van der Waals surface area contributed by atoms with Crippen molar-refractivity contribution >= 4 is 21.0 Å². The van der Waals surface area contributed by atoms with E-state index in [0.29, 0.717) is 0 Å². The van der Waals surface area contributed by atoms with Gasteiger partial charge in [-0.05, 0) is 21.0 Å². The second-order valence-electron chi connectivity index (χ2n) is 0.972. The minimum atomic E-state index is -0.619. The van der Waals surface area contributed by atoms with Crippen molar-refractivity contribution in [2.24, 2.45) is 0 Å². The molecule has 0 saturated carbocycles. The van der Waals surface area contributed by atoms with E-state index in [4.69, 9.17) is 4.93 Å². The van der Waals surface area contributed by atoms with Gasteiger partial charge in [0.15, 0.2) is 0 Å². The molecule has 0 saturated heterocycles. The molecule has 0 amide bonds. The normalized spacial score (nSPS) is 14.4. The lowest BCUT2D eigenvalue weighted by Gasteiger charge is -1.81. The Hall–Kier alpha value is 0.530. The van der Waals surface area contributed by atoms with E-state index in [1.54, 1.807) is 13.8 Å². The van der Waals surface area contributed by atoms with E-state index in [1.165, 1.54) is 0 Å². The minimum Gasteiger partial charge on any atom is -0.278 e. The van der Waals surface area contributed by atoms with Gasteiger partial charge in [-0.15, -0.1) is 0 Å². The topological polar surface area (TPSA) is 23.9 Å². The predicted octanol–water partition coefficient (Wildman–Crippen LogP) is 2.13. The van der Waals surface area contributed by atoms with Gasteiger partial charge in [-0.3, -0.25) is 3.56 Å². The van der Waals surface area contributed by atoms with Crippen molar-refractivity contribution in [2.45, 2.75) is 17.7 Å². The fourth-order valence-electron chi connectivity index (χ4n) is 0. The summed E-state index contributed by atoms with van der Waals surface area (Å²) >= 11 is -0.619. The van der Waals surface area contributed by atoms with E-state index in [0.717, 1.165) is 0 Å². The van der Waals surface area contributed by atoms with Crippen LogP contribution in [0.15, 0.2) is 0 Å². The summed E-state index contributed by atoms with van der Waals surface area (Å²) in [6.45, 7) is 3.54. The lowest BCUT2D eigenvalue weighted by atomic mass is 10.6. The van der Waals surface area contributed by atoms with Crippen LogP contribution in [0.1, 0.15) is 15.2 Å². The predicted molar refractivity (Wildman–Crippen MR) is 31.9 cm³/mol.